The number of sulfonamides is 1. The lowest BCUT2D eigenvalue weighted by Gasteiger charge is -2.11. The zero-order valence-corrected chi connectivity index (χ0v) is 18.2. The van der Waals surface area contributed by atoms with Gasteiger partial charge in [0.1, 0.15) is 0 Å². The van der Waals surface area contributed by atoms with Crippen molar-refractivity contribution < 1.29 is 27.5 Å². The van der Waals surface area contributed by atoms with E-state index in [1.165, 1.54) is 12.1 Å². The molecule has 2 aromatic rings. The van der Waals surface area contributed by atoms with Gasteiger partial charge >= 0.3 is 0 Å². The van der Waals surface area contributed by atoms with Crippen molar-refractivity contribution in [2.75, 3.05) is 19.8 Å². The second kappa shape index (κ2) is 9.80. The Labute approximate surface area is 181 Å². The van der Waals surface area contributed by atoms with E-state index in [4.69, 9.17) is 9.47 Å². The second-order valence-corrected chi connectivity index (χ2v) is 8.89. The molecule has 1 heterocycles. The van der Waals surface area contributed by atoms with Gasteiger partial charge in [0.15, 0.2) is 11.5 Å². The number of hydrazine groups is 1. The molecule has 2 aromatic carbocycles. The summed E-state index contributed by atoms with van der Waals surface area (Å²) in [6.45, 7) is 4.54. The molecule has 0 saturated heterocycles. The Morgan fingerprint density at radius 2 is 1.71 bits per heavy atom. The molecule has 31 heavy (non-hydrogen) atoms. The van der Waals surface area contributed by atoms with Gasteiger partial charge in [-0.1, -0.05) is 17.7 Å². The molecule has 0 saturated carbocycles. The third-order valence-electron chi connectivity index (χ3n) is 4.62. The minimum Gasteiger partial charge on any atom is -0.490 e. The van der Waals surface area contributed by atoms with E-state index in [-0.39, 0.29) is 17.9 Å². The second-order valence-electron chi connectivity index (χ2n) is 7.13. The average Bonchev–Trinajstić information content (AvgIpc) is 2.96. The Morgan fingerprint density at radius 3 is 2.45 bits per heavy atom. The van der Waals surface area contributed by atoms with Gasteiger partial charge in [-0.25, -0.2) is 13.1 Å². The molecule has 0 atom stereocenters. The Kier molecular flexibility index (Phi) is 7.13. The van der Waals surface area contributed by atoms with Gasteiger partial charge in [-0.3, -0.25) is 20.4 Å². The maximum Gasteiger partial charge on any atom is 0.269 e. The molecule has 1 aliphatic rings. The number of nitrogens with one attached hydrogen (secondary N) is 3. The first-order valence-electron chi connectivity index (χ1n) is 9.82. The summed E-state index contributed by atoms with van der Waals surface area (Å²) in [6, 6.07) is 9.70. The molecule has 1 aliphatic heterocycles. The number of benzene rings is 2. The maximum atomic E-state index is 12.5. The van der Waals surface area contributed by atoms with Crippen LogP contribution in [0, 0.1) is 13.8 Å². The molecule has 9 nitrogen and oxygen atoms in total. The number of rotatable bonds is 6. The van der Waals surface area contributed by atoms with Gasteiger partial charge in [-0.15, -0.1) is 0 Å². The van der Waals surface area contributed by atoms with Gasteiger partial charge in [0.05, 0.1) is 18.1 Å². The predicted octanol–water partition coefficient (Wildman–Crippen LogP) is 1.59. The van der Waals surface area contributed by atoms with Crippen molar-refractivity contribution >= 4 is 21.8 Å². The van der Waals surface area contributed by atoms with Crippen molar-refractivity contribution in [2.45, 2.75) is 31.6 Å². The Balaban J connectivity index is 1.49. The predicted molar refractivity (Wildman–Crippen MR) is 113 cm³/mol. The SMILES string of the molecule is Cc1ccc(C(=O)NNC(=O)CCNS(=O)(=O)c2ccc3c(c2)OCCCO3)c(C)c1. The smallest absolute Gasteiger partial charge is 0.269 e. The fourth-order valence-electron chi connectivity index (χ4n) is 3.02. The number of fused-ring (bicyclic) bond motifs is 1. The summed E-state index contributed by atoms with van der Waals surface area (Å²) >= 11 is 0. The molecule has 0 spiro atoms. The number of hydrogen-bond donors (Lipinski definition) is 3. The van der Waals surface area contributed by atoms with Gasteiger partial charge < -0.3 is 9.47 Å². The van der Waals surface area contributed by atoms with Crippen molar-refractivity contribution in [1.29, 1.82) is 0 Å². The lowest BCUT2D eigenvalue weighted by Crippen LogP contribution is -2.43. The number of ether oxygens (including phenoxy) is 2. The van der Waals surface area contributed by atoms with E-state index in [1.54, 1.807) is 25.1 Å². The normalized spacial score (nSPS) is 13.2. The van der Waals surface area contributed by atoms with Crippen LogP contribution in [0.5, 0.6) is 11.5 Å². The third kappa shape index (κ3) is 5.96. The zero-order valence-electron chi connectivity index (χ0n) is 17.4. The Morgan fingerprint density at radius 1 is 0.968 bits per heavy atom. The quantitative estimate of drug-likeness (QED) is 0.578. The van der Waals surface area contributed by atoms with Crippen molar-refractivity contribution in [1.82, 2.24) is 15.6 Å². The average molecular weight is 448 g/mol. The third-order valence-corrected chi connectivity index (χ3v) is 6.07. The first kappa shape index (κ1) is 22.6. The van der Waals surface area contributed by atoms with Crippen LogP contribution >= 0.6 is 0 Å². The largest absolute Gasteiger partial charge is 0.490 e. The lowest BCUT2D eigenvalue weighted by atomic mass is 10.1. The fraction of sp³-hybridized carbons (Fsp3) is 0.333. The summed E-state index contributed by atoms with van der Waals surface area (Å²) in [5.74, 6) is -0.110. The summed E-state index contributed by atoms with van der Waals surface area (Å²) in [5.41, 5.74) is 6.88. The molecule has 0 aliphatic carbocycles. The molecule has 0 radical (unpaired) electrons. The van der Waals surface area contributed by atoms with Crippen molar-refractivity contribution in [3.63, 3.8) is 0 Å². The summed E-state index contributed by atoms with van der Waals surface area (Å²) in [5, 5.41) is 0. The van der Waals surface area contributed by atoms with Crippen LogP contribution in [0.15, 0.2) is 41.3 Å². The van der Waals surface area contributed by atoms with Gasteiger partial charge in [0.25, 0.3) is 5.91 Å². The van der Waals surface area contributed by atoms with Crippen molar-refractivity contribution in [3.05, 3.63) is 53.1 Å². The van der Waals surface area contributed by atoms with Crippen LogP contribution in [0.2, 0.25) is 0 Å². The molecular formula is C21H25N3O6S. The number of carbonyl (C=O) groups excluding carboxylic acids is 2. The number of hydrogen-bond acceptors (Lipinski definition) is 6. The molecule has 0 aromatic heterocycles. The molecule has 2 amide bonds. The summed E-state index contributed by atoms with van der Waals surface area (Å²) in [6.07, 6.45) is 0.557. The lowest BCUT2D eigenvalue weighted by molar-refractivity contribution is -0.121. The summed E-state index contributed by atoms with van der Waals surface area (Å²) < 4.78 is 38.4. The van der Waals surface area contributed by atoms with E-state index in [9.17, 15) is 18.0 Å². The molecule has 0 bridgehead atoms. The highest BCUT2D eigenvalue weighted by Crippen LogP contribution is 2.31. The van der Waals surface area contributed by atoms with E-state index in [0.717, 1.165) is 11.1 Å². The fourth-order valence-corrected chi connectivity index (χ4v) is 4.06. The summed E-state index contributed by atoms with van der Waals surface area (Å²) in [4.78, 5) is 24.2. The zero-order chi connectivity index (χ0) is 22.4. The molecule has 166 valence electrons. The minimum absolute atomic E-state index is 0.0142. The Hall–Kier alpha value is -3.11. The van der Waals surface area contributed by atoms with Crippen LogP contribution in [0.4, 0.5) is 0 Å². The van der Waals surface area contributed by atoms with Crippen LogP contribution in [-0.4, -0.2) is 40.0 Å². The van der Waals surface area contributed by atoms with Crippen LogP contribution in [-0.2, 0) is 14.8 Å². The standard InChI is InChI=1S/C21H25N3O6S/c1-14-4-6-17(15(2)12-14)21(26)24-23-20(25)8-9-22-31(27,28)16-5-7-18-19(13-16)30-11-3-10-29-18/h4-7,12-13,22H,3,8-11H2,1-2H3,(H,23,25)(H,24,26). The number of carbonyl (C=O) groups is 2. The highest BCUT2D eigenvalue weighted by atomic mass is 32.2. The highest BCUT2D eigenvalue weighted by Gasteiger charge is 2.19. The van der Waals surface area contributed by atoms with Gasteiger partial charge in [0.2, 0.25) is 15.9 Å². The van der Waals surface area contributed by atoms with Gasteiger partial charge in [-0.05, 0) is 37.6 Å². The molecule has 0 fully saturated rings. The van der Waals surface area contributed by atoms with E-state index in [0.29, 0.717) is 36.7 Å². The monoisotopic (exact) mass is 447 g/mol. The first-order chi connectivity index (χ1) is 14.8. The van der Waals surface area contributed by atoms with E-state index >= 15 is 0 Å². The topological polar surface area (TPSA) is 123 Å². The molecular weight excluding hydrogens is 422 g/mol. The molecule has 3 rings (SSSR count). The van der Waals surface area contributed by atoms with Crippen LogP contribution < -0.4 is 25.0 Å². The van der Waals surface area contributed by atoms with E-state index in [2.05, 4.69) is 15.6 Å². The van der Waals surface area contributed by atoms with E-state index < -0.39 is 21.8 Å². The van der Waals surface area contributed by atoms with Crippen LogP contribution in [0.25, 0.3) is 0 Å². The molecule has 10 heteroatoms. The Bertz CT molecular complexity index is 1080. The minimum atomic E-state index is -3.84. The van der Waals surface area contributed by atoms with E-state index in [1.807, 2.05) is 13.0 Å². The van der Waals surface area contributed by atoms with Crippen LogP contribution in [0.1, 0.15) is 34.3 Å². The van der Waals surface area contributed by atoms with Gasteiger partial charge in [0, 0.05) is 31.0 Å². The summed E-state index contributed by atoms with van der Waals surface area (Å²) in [7, 11) is -3.84. The van der Waals surface area contributed by atoms with Gasteiger partial charge in [-0.2, -0.15) is 0 Å². The number of aryl methyl sites for hydroxylation is 2. The highest BCUT2D eigenvalue weighted by molar-refractivity contribution is 7.89. The van der Waals surface area contributed by atoms with Crippen molar-refractivity contribution in [3.8, 4) is 11.5 Å². The maximum absolute atomic E-state index is 12.5. The molecule has 0 unspecified atom stereocenters. The van der Waals surface area contributed by atoms with Crippen molar-refractivity contribution in [2.24, 2.45) is 0 Å². The molecule has 3 N–H and O–H groups in total. The van der Waals surface area contributed by atoms with Crippen LogP contribution in [0.3, 0.4) is 0 Å². The number of amides is 2. The first-order valence-corrected chi connectivity index (χ1v) is 11.3.